The van der Waals surface area contributed by atoms with Gasteiger partial charge >= 0.3 is 11.3 Å². The van der Waals surface area contributed by atoms with Crippen LogP contribution >= 0.6 is 23.4 Å². The van der Waals surface area contributed by atoms with E-state index < -0.39 is 16.0 Å². The fraction of sp³-hybridized carbons (Fsp3) is 0.176. The number of carbonyl (C=O) groups is 2. The van der Waals surface area contributed by atoms with Crippen molar-refractivity contribution in [1.82, 2.24) is 0 Å². The maximum Gasteiger partial charge on any atom is 0.368 e. The molecule has 2 rings (SSSR count). The minimum absolute atomic E-state index is 0.496. The number of hydrogen-bond donors (Lipinski definition) is 1. The van der Waals surface area contributed by atoms with E-state index in [4.69, 9.17) is 11.6 Å². The molecule has 0 aliphatic carbocycles. The topological polar surface area (TPSA) is 63.6 Å². The van der Waals surface area contributed by atoms with Gasteiger partial charge in [-0.15, -0.1) is 0 Å². The molecular weight excluding hydrogens is 336 g/mol. The minimum atomic E-state index is -1.42. The Hall–Kier alpha value is -1.98. The Kier molecular flexibility index (Phi) is 5.34. The molecule has 0 heterocycles. The second-order valence-electron chi connectivity index (χ2n) is 4.95. The Balaban J connectivity index is 2.38. The van der Waals surface area contributed by atoms with Crippen LogP contribution in [0.1, 0.15) is 12.5 Å². The van der Waals surface area contributed by atoms with Crippen LogP contribution in [-0.4, -0.2) is 23.5 Å². The highest BCUT2D eigenvalue weighted by molar-refractivity contribution is 8.14. The van der Waals surface area contributed by atoms with Gasteiger partial charge in [0.05, 0.1) is 7.11 Å². The molecule has 0 aromatic heterocycles. The SMILES string of the molecule is COC(=O)SC(C)(C(=O)O)c1ccc(-c2ccccc2Cl)cc1. The Bertz CT molecular complexity index is 730. The number of ether oxygens (including phenoxy) is 1. The Morgan fingerprint density at radius 1 is 1.13 bits per heavy atom. The zero-order chi connectivity index (χ0) is 17.0. The fourth-order valence-corrected chi connectivity index (χ4v) is 3.10. The number of carboxylic acid groups (broad SMARTS) is 1. The summed E-state index contributed by atoms with van der Waals surface area (Å²) >= 11 is 6.79. The van der Waals surface area contributed by atoms with E-state index in [1.54, 1.807) is 30.3 Å². The number of carboxylic acids is 1. The van der Waals surface area contributed by atoms with Gasteiger partial charge in [0.2, 0.25) is 0 Å². The number of carbonyl (C=O) groups excluding carboxylic acids is 1. The van der Waals surface area contributed by atoms with E-state index in [0.29, 0.717) is 22.3 Å². The molecule has 1 N–H and O–H groups in total. The van der Waals surface area contributed by atoms with Crippen LogP contribution in [0.25, 0.3) is 11.1 Å². The summed E-state index contributed by atoms with van der Waals surface area (Å²) in [5.41, 5.74) is 2.23. The molecule has 6 heteroatoms. The van der Waals surface area contributed by atoms with Gasteiger partial charge in [0.1, 0.15) is 4.75 Å². The van der Waals surface area contributed by atoms with Crippen molar-refractivity contribution < 1.29 is 19.4 Å². The normalized spacial score (nSPS) is 13.2. The molecule has 0 aliphatic rings. The number of hydrogen-bond acceptors (Lipinski definition) is 4. The first-order chi connectivity index (χ1) is 10.9. The van der Waals surface area contributed by atoms with Crippen LogP contribution < -0.4 is 0 Å². The second-order valence-corrected chi connectivity index (χ2v) is 6.71. The standard InChI is InChI=1S/C17H15ClO4S/c1-17(15(19)20,23-16(21)22-2)12-9-7-11(8-10-12)13-5-3-4-6-14(13)18/h3-10H,1-2H3,(H,19,20). The summed E-state index contributed by atoms with van der Waals surface area (Å²) in [6.07, 6.45) is 0. The second kappa shape index (κ2) is 7.06. The van der Waals surface area contributed by atoms with E-state index in [1.165, 1.54) is 14.0 Å². The largest absolute Gasteiger partial charge is 0.480 e. The number of thioether (sulfide) groups is 1. The molecule has 2 aromatic carbocycles. The third kappa shape index (κ3) is 3.68. The van der Waals surface area contributed by atoms with Crippen LogP contribution in [0.5, 0.6) is 0 Å². The van der Waals surface area contributed by atoms with E-state index in [2.05, 4.69) is 4.74 Å². The molecule has 2 aromatic rings. The molecule has 0 saturated carbocycles. The predicted molar refractivity (Wildman–Crippen MR) is 91.9 cm³/mol. The Morgan fingerprint density at radius 3 is 2.26 bits per heavy atom. The quantitative estimate of drug-likeness (QED) is 0.802. The monoisotopic (exact) mass is 350 g/mol. The van der Waals surface area contributed by atoms with Crippen molar-refractivity contribution in [3.8, 4) is 11.1 Å². The van der Waals surface area contributed by atoms with Gasteiger partial charge in [-0.25, -0.2) is 4.79 Å². The van der Waals surface area contributed by atoms with Gasteiger partial charge in [0.25, 0.3) is 0 Å². The summed E-state index contributed by atoms with van der Waals surface area (Å²) in [6, 6.07) is 14.3. The van der Waals surface area contributed by atoms with E-state index in [1.807, 2.05) is 18.2 Å². The van der Waals surface area contributed by atoms with E-state index in [0.717, 1.165) is 11.1 Å². The summed E-state index contributed by atoms with van der Waals surface area (Å²) in [5, 5.41) is 9.48. The summed E-state index contributed by atoms with van der Waals surface area (Å²) in [5.74, 6) is -1.11. The van der Waals surface area contributed by atoms with Crippen LogP contribution in [0.3, 0.4) is 0 Å². The average Bonchev–Trinajstić information content (AvgIpc) is 2.55. The van der Waals surface area contributed by atoms with Gasteiger partial charge < -0.3 is 9.84 Å². The molecule has 0 amide bonds. The van der Waals surface area contributed by atoms with Crippen molar-refractivity contribution in [3.05, 3.63) is 59.1 Å². The Labute approximate surface area is 143 Å². The number of halogens is 1. The number of benzene rings is 2. The first-order valence-corrected chi connectivity index (χ1v) is 7.93. The van der Waals surface area contributed by atoms with Crippen molar-refractivity contribution in [2.24, 2.45) is 0 Å². The van der Waals surface area contributed by atoms with Gasteiger partial charge in [-0.3, -0.25) is 4.79 Å². The van der Waals surface area contributed by atoms with Crippen molar-refractivity contribution in [1.29, 1.82) is 0 Å². The first-order valence-electron chi connectivity index (χ1n) is 6.74. The lowest BCUT2D eigenvalue weighted by molar-refractivity contribution is -0.139. The lowest BCUT2D eigenvalue weighted by Gasteiger charge is -2.23. The molecule has 0 aliphatic heterocycles. The van der Waals surface area contributed by atoms with Gasteiger partial charge in [-0.1, -0.05) is 54.1 Å². The first kappa shape index (κ1) is 17.4. The molecule has 1 unspecified atom stereocenters. The molecule has 0 spiro atoms. The predicted octanol–water partition coefficient (Wildman–Crippen LogP) is 4.81. The van der Waals surface area contributed by atoms with Crippen molar-refractivity contribution in [2.45, 2.75) is 11.7 Å². The molecule has 0 bridgehead atoms. The third-order valence-electron chi connectivity index (χ3n) is 3.48. The maximum absolute atomic E-state index is 11.6. The summed E-state index contributed by atoms with van der Waals surface area (Å²) in [7, 11) is 1.22. The van der Waals surface area contributed by atoms with Crippen LogP contribution in [0.2, 0.25) is 5.02 Å². The zero-order valence-corrected chi connectivity index (χ0v) is 14.1. The van der Waals surface area contributed by atoms with Gasteiger partial charge in [-0.05, 0) is 35.9 Å². The van der Waals surface area contributed by atoms with Crippen molar-refractivity contribution >= 4 is 34.6 Å². The molecule has 0 radical (unpaired) electrons. The highest BCUT2D eigenvalue weighted by atomic mass is 35.5. The summed E-state index contributed by atoms with van der Waals surface area (Å²) in [4.78, 5) is 23.1. The summed E-state index contributed by atoms with van der Waals surface area (Å²) in [6.45, 7) is 1.47. The molecule has 0 fully saturated rings. The van der Waals surface area contributed by atoms with Gasteiger partial charge in [0, 0.05) is 10.6 Å². The number of aliphatic carboxylic acids is 1. The fourth-order valence-electron chi connectivity index (χ4n) is 2.10. The molecule has 1 atom stereocenters. The zero-order valence-electron chi connectivity index (χ0n) is 12.6. The average molecular weight is 351 g/mol. The molecule has 120 valence electrons. The minimum Gasteiger partial charge on any atom is -0.480 e. The molecular formula is C17H15ClO4S. The van der Waals surface area contributed by atoms with Crippen LogP contribution in [0.15, 0.2) is 48.5 Å². The maximum atomic E-state index is 11.6. The van der Waals surface area contributed by atoms with Gasteiger partial charge in [-0.2, -0.15) is 0 Å². The highest BCUT2D eigenvalue weighted by Gasteiger charge is 2.39. The van der Waals surface area contributed by atoms with Crippen LogP contribution in [0, 0.1) is 0 Å². The Morgan fingerprint density at radius 2 is 1.74 bits per heavy atom. The van der Waals surface area contributed by atoms with Crippen molar-refractivity contribution in [2.75, 3.05) is 7.11 Å². The van der Waals surface area contributed by atoms with Gasteiger partial charge in [0.15, 0.2) is 0 Å². The molecule has 0 saturated heterocycles. The molecule has 4 nitrogen and oxygen atoms in total. The van der Waals surface area contributed by atoms with E-state index >= 15 is 0 Å². The smallest absolute Gasteiger partial charge is 0.368 e. The third-order valence-corrected chi connectivity index (χ3v) is 4.96. The van der Waals surface area contributed by atoms with Crippen molar-refractivity contribution in [3.63, 3.8) is 0 Å². The lowest BCUT2D eigenvalue weighted by atomic mass is 9.97. The lowest BCUT2D eigenvalue weighted by Crippen LogP contribution is -2.30. The van der Waals surface area contributed by atoms with E-state index in [9.17, 15) is 14.7 Å². The number of rotatable bonds is 4. The number of methoxy groups -OCH3 is 1. The highest BCUT2D eigenvalue weighted by Crippen LogP contribution is 2.38. The molecule has 23 heavy (non-hydrogen) atoms. The van der Waals surface area contributed by atoms with Crippen LogP contribution in [0.4, 0.5) is 4.79 Å². The van der Waals surface area contributed by atoms with E-state index in [-0.39, 0.29) is 0 Å². The summed E-state index contributed by atoms with van der Waals surface area (Å²) < 4.78 is 3.15. The van der Waals surface area contributed by atoms with Crippen LogP contribution in [-0.2, 0) is 14.3 Å².